The molecule has 122 valence electrons. The molecular formula is C18H28N2OS. The Bertz CT molecular complexity index is 479. The molecule has 3 nitrogen and oxygen atoms in total. The van der Waals surface area contributed by atoms with Crippen LogP contribution in [0, 0.1) is 0 Å². The van der Waals surface area contributed by atoms with E-state index in [1.54, 1.807) is 0 Å². The highest BCUT2D eigenvalue weighted by atomic mass is 32.2. The second-order valence-corrected chi connectivity index (χ2v) is 6.72. The highest BCUT2D eigenvalue weighted by molar-refractivity contribution is 8.00. The van der Waals surface area contributed by atoms with Gasteiger partial charge >= 0.3 is 6.21 Å². The van der Waals surface area contributed by atoms with Crippen molar-refractivity contribution < 1.29 is 9.58 Å². The number of Topliss-reactive ketones (excluding diaryl/α,β-unsaturated/α-hetero) is 1. The predicted octanol–water partition coefficient (Wildman–Crippen LogP) is 5.01. The van der Waals surface area contributed by atoms with Gasteiger partial charge in [0, 0.05) is 5.75 Å². The topological polar surface area (TPSA) is 53.5 Å². The van der Waals surface area contributed by atoms with Crippen molar-refractivity contribution in [3.05, 3.63) is 40.5 Å². The third-order valence-electron chi connectivity index (χ3n) is 3.12. The lowest BCUT2D eigenvalue weighted by atomic mass is 10.1. The molecule has 0 aromatic rings. The smallest absolute Gasteiger partial charge is 0.324 e. The predicted molar refractivity (Wildman–Crippen MR) is 97.4 cm³/mol. The van der Waals surface area contributed by atoms with Crippen LogP contribution >= 0.6 is 11.8 Å². The Balaban J connectivity index is 3.89. The van der Waals surface area contributed by atoms with E-state index in [1.807, 2.05) is 0 Å². The molecule has 0 rings (SSSR count). The molecule has 0 atom stereocenters. The van der Waals surface area contributed by atoms with E-state index in [-0.39, 0.29) is 5.78 Å². The van der Waals surface area contributed by atoms with Gasteiger partial charge in [-0.05, 0) is 53.4 Å². The number of thioether (sulfide) groups is 1. The lowest BCUT2D eigenvalue weighted by Crippen LogP contribution is -2.03. The van der Waals surface area contributed by atoms with Gasteiger partial charge in [-0.15, -0.1) is 11.8 Å². The monoisotopic (exact) mass is 320 g/mol. The Labute approximate surface area is 139 Å². The van der Waals surface area contributed by atoms with Crippen LogP contribution in [-0.4, -0.2) is 28.3 Å². The summed E-state index contributed by atoms with van der Waals surface area (Å²) in [6.07, 6.45) is 12.1. The van der Waals surface area contributed by atoms with Crippen molar-refractivity contribution in [3.8, 4) is 0 Å². The Hall–Kier alpha value is -1.38. The van der Waals surface area contributed by atoms with Gasteiger partial charge in [-0.2, -0.15) is 4.79 Å². The third-order valence-corrected chi connectivity index (χ3v) is 4.01. The van der Waals surface area contributed by atoms with Crippen molar-refractivity contribution in [2.45, 2.75) is 53.4 Å². The first-order valence-electron chi connectivity index (χ1n) is 7.68. The van der Waals surface area contributed by atoms with Crippen LogP contribution in [0.1, 0.15) is 53.4 Å². The zero-order chi connectivity index (χ0) is 16.8. The number of carbonyl (C=O) groups excluding carboxylic acids is 1. The van der Waals surface area contributed by atoms with E-state index in [9.17, 15) is 4.79 Å². The number of hydrogen-bond donors (Lipinski definition) is 0. The second-order valence-electron chi connectivity index (χ2n) is 5.69. The van der Waals surface area contributed by atoms with Crippen LogP contribution in [0.15, 0.2) is 34.9 Å². The Morgan fingerprint density at radius 3 is 2.18 bits per heavy atom. The van der Waals surface area contributed by atoms with Crippen LogP contribution in [0.5, 0.6) is 0 Å². The fourth-order valence-electron chi connectivity index (χ4n) is 1.80. The van der Waals surface area contributed by atoms with E-state index in [0.29, 0.717) is 5.75 Å². The summed E-state index contributed by atoms with van der Waals surface area (Å²) in [6, 6.07) is 0. The van der Waals surface area contributed by atoms with E-state index in [0.717, 1.165) is 37.7 Å². The summed E-state index contributed by atoms with van der Waals surface area (Å²) in [7, 11) is 0. The number of rotatable bonds is 11. The summed E-state index contributed by atoms with van der Waals surface area (Å²) in [5, 5.41) is 0. The highest BCUT2D eigenvalue weighted by Crippen LogP contribution is 2.12. The standard InChI is InChI=1S/C18H28N2OS/c1-15(2)7-5-8-16(3)9-6-10-17(4)11-12-22-14-18(21)13-20-19/h7,9,11,13H,5-6,8,10,12,14H2,1-4H3. The molecule has 0 radical (unpaired) electrons. The van der Waals surface area contributed by atoms with E-state index in [4.69, 9.17) is 5.53 Å². The molecular weight excluding hydrogens is 292 g/mol. The average Bonchev–Trinajstić information content (AvgIpc) is 2.43. The summed E-state index contributed by atoms with van der Waals surface area (Å²) in [5.74, 6) is 1.02. The highest BCUT2D eigenvalue weighted by Gasteiger charge is 2.01. The molecule has 0 N–H and O–H groups in total. The van der Waals surface area contributed by atoms with Gasteiger partial charge in [0.05, 0.1) is 5.75 Å². The SMILES string of the molecule is CC(C)=CCCC(C)=CCCC(C)=CCSCC(=O)C=[N+]=[N-]. The molecule has 0 aliphatic heterocycles. The Morgan fingerprint density at radius 2 is 1.59 bits per heavy atom. The van der Waals surface area contributed by atoms with Gasteiger partial charge in [0.25, 0.3) is 0 Å². The van der Waals surface area contributed by atoms with E-state index >= 15 is 0 Å². The van der Waals surface area contributed by atoms with Gasteiger partial charge in [0.2, 0.25) is 5.78 Å². The summed E-state index contributed by atoms with van der Waals surface area (Å²) >= 11 is 1.53. The van der Waals surface area contributed by atoms with Crippen molar-refractivity contribution in [1.29, 1.82) is 0 Å². The van der Waals surface area contributed by atoms with Crippen LogP contribution in [0.3, 0.4) is 0 Å². The maximum Gasteiger partial charge on any atom is 0.324 e. The summed E-state index contributed by atoms with van der Waals surface area (Å²) in [6.45, 7) is 8.59. The van der Waals surface area contributed by atoms with Crippen LogP contribution in [0.2, 0.25) is 0 Å². The molecule has 0 aliphatic rings. The molecule has 22 heavy (non-hydrogen) atoms. The number of hydrogen-bond acceptors (Lipinski definition) is 2. The molecule has 0 amide bonds. The van der Waals surface area contributed by atoms with E-state index < -0.39 is 0 Å². The summed E-state index contributed by atoms with van der Waals surface area (Å²) in [5.41, 5.74) is 12.4. The van der Waals surface area contributed by atoms with Gasteiger partial charge in [0.15, 0.2) is 0 Å². The second kappa shape index (κ2) is 13.3. The largest absolute Gasteiger partial charge is 0.361 e. The molecule has 0 aliphatic carbocycles. The van der Waals surface area contributed by atoms with Crippen LogP contribution in [0.4, 0.5) is 0 Å². The normalized spacial score (nSPS) is 11.8. The number of carbonyl (C=O) groups is 1. The Morgan fingerprint density at radius 1 is 1.00 bits per heavy atom. The van der Waals surface area contributed by atoms with Crippen molar-refractivity contribution in [3.63, 3.8) is 0 Å². The molecule has 0 bridgehead atoms. The molecule has 0 saturated carbocycles. The molecule has 0 aromatic carbocycles. The number of ketones is 1. The zero-order valence-corrected chi connectivity index (χ0v) is 15.1. The third kappa shape index (κ3) is 13.6. The van der Waals surface area contributed by atoms with E-state index in [1.165, 1.54) is 28.5 Å². The maximum atomic E-state index is 11.1. The fourth-order valence-corrected chi connectivity index (χ4v) is 2.60. The minimum absolute atomic E-state index is 0.159. The van der Waals surface area contributed by atoms with Gasteiger partial charge in [-0.25, -0.2) is 0 Å². The molecule has 4 heteroatoms. The quantitative estimate of drug-likeness (QED) is 0.177. The van der Waals surface area contributed by atoms with Crippen LogP contribution in [0.25, 0.3) is 5.53 Å². The fraction of sp³-hybridized carbons (Fsp3) is 0.556. The van der Waals surface area contributed by atoms with Crippen molar-refractivity contribution in [2.24, 2.45) is 0 Å². The van der Waals surface area contributed by atoms with E-state index in [2.05, 4.69) is 50.7 Å². The first-order chi connectivity index (χ1) is 10.5. The number of allylic oxidation sites excluding steroid dienone is 5. The molecule has 0 saturated heterocycles. The lowest BCUT2D eigenvalue weighted by Gasteiger charge is -2.01. The van der Waals surface area contributed by atoms with Crippen molar-refractivity contribution >= 4 is 23.8 Å². The average molecular weight is 321 g/mol. The van der Waals surface area contributed by atoms with Gasteiger partial charge < -0.3 is 5.53 Å². The molecule has 0 unspecified atom stereocenters. The zero-order valence-electron chi connectivity index (χ0n) is 14.3. The number of nitrogens with zero attached hydrogens (tertiary/aromatic N) is 2. The summed E-state index contributed by atoms with van der Waals surface area (Å²) in [4.78, 5) is 13.8. The minimum atomic E-state index is -0.159. The molecule has 0 fully saturated rings. The first-order valence-corrected chi connectivity index (χ1v) is 8.83. The molecule has 0 spiro atoms. The van der Waals surface area contributed by atoms with Gasteiger partial charge in [-0.3, -0.25) is 4.79 Å². The molecule has 0 aromatic heterocycles. The van der Waals surface area contributed by atoms with Gasteiger partial charge in [0.1, 0.15) is 0 Å². The minimum Gasteiger partial charge on any atom is -0.361 e. The van der Waals surface area contributed by atoms with Crippen LogP contribution < -0.4 is 0 Å². The lowest BCUT2D eigenvalue weighted by molar-refractivity contribution is -0.113. The first kappa shape index (κ1) is 20.6. The Kier molecular flexibility index (Phi) is 12.5. The molecule has 0 heterocycles. The van der Waals surface area contributed by atoms with Gasteiger partial charge in [-0.1, -0.05) is 34.9 Å². The van der Waals surface area contributed by atoms with Crippen molar-refractivity contribution in [1.82, 2.24) is 0 Å². The van der Waals surface area contributed by atoms with Crippen molar-refractivity contribution in [2.75, 3.05) is 11.5 Å². The summed E-state index contributed by atoms with van der Waals surface area (Å²) < 4.78 is 0. The maximum absolute atomic E-state index is 11.1. The van der Waals surface area contributed by atoms with Crippen LogP contribution in [-0.2, 0) is 4.79 Å².